The highest BCUT2D eigenvalue weighted by molar-refractivity contribution is 6.35. The second-order valence-corrected chi connectivity index (χ2v) is 5.31. The first-order valence-electron chi connectivity index (χ1n) is 6.75. The molecule has 19 heavy (non-hydrogen) atoms. The number of rotatable bonds is 4. The molecular formula is C14H18ClN3O. The van der Waals surface area contributed by atoms with Gasteiger partial charge in [-0.05, 0) is 31.5 Å². The number of aromatic amines is 1. The first-order valence-corrected chi connectivity index (χ1v) is 7.13. The third-order valence-electron chi connectivity index (χ3n) is 3.56. The number of pyridine rings is 1. The molecule has 0 spiro atoms. The van der Waals surface area contributed by atoms with Crippen LogP contribution in [0.3, 0.4) is 0 Å². The van der Waals surface area contributed by atoms with Crippen molar-refractivity contribution in [2.24, 2.45) is 0 Å². The van der Waals surface area contributed by atoms with Crippen LogP contribution < -0.4 is 0 Å². The highest BCUT2D eigenvalue weighted by atomic mass is 35.5. The molecule has 4 nitrogen and oxygen atoms in total. The summed E-state index contributed by atoms with van der Waals surface area (Å²) < 4.78 is 5.35. The zero-order valence-electron chi connectivity index (χ0n) is 10.9. The molecule has 0 aliphatic carbocycles. The SMILES string of the molecule is Clc1ccnc2[nH]c(CCCN3CCOCC3)cc12. The van der Waals surface area contributed by atoms with Crippen LogP contribution in [0.15, 0.2) is 18.3 Å². The third-order valence-corrected chi connectivity index (χ3v) is 3.89. The number of halogens is 1. The van der Waals surface area contributed by atoms with Crippen molar-refractivity contribution in [3.8, 4) is 0 Å². The molecule has 0 radical (unpaired) electrons. The van der Waals surface area contributed by atoms with Crippen LogP contribution in [0.4, 0.5) is 0 Å². The van der Waals surface area contributed by atoms with Gasteiger partial charge in [-0.1, -0.05) is 11.6 Å². The van der Waals surface area contributed by atoms with Gasteiger partial charge in [0.2, 0.25) is 0 Å². The molecule has 0 amide bonds. The predicted molar refractivity (Wildman–Crippen MR) is 76.7 cm³/mol. The zero-order valence-corrected chi connectivity index (χ0v) is 11.6. The lowest BCUT2D eigenvalue weighted by Crippen LogP contribution is -2.36. The Bertz CT molecular complexity index is 549. The van der Waals surface area contributed by atoms with Crippen LogP contribution in [-0.2, 0) is 11.2 Å². The Hall–Kier alpha value is -1.10. The summed E-state index contributed by atoms with van der Waals surface area (Å²) in [5.74, 6) is 0. The van der Waals surface area contributed by atoms with E-state index in [4.69, 9.17) is 16.3 Å². The highest BCUT2D eigenvalue weighted by Gasteiger charge is 2.10. The Balaban J connectivity index is 1.57. The van der Waals surface area contributed by atoms with Crippen molar-refractivity contribution >= 4 is 22.6 Å². The monoisotopic (exact) mass is 279 g/mol. The number of H-pyrrole nitrogens is 1. The maximum atomic E-state index is 6.14. The summed E-state index contributed by atoms with van der Waals surface area (Å²) in [6.45, 7) is 4.97. The van der Waals surface area contributed by atoms with Gasteiger partial charge in [-0.3, -0.25) is 4.90 Å². The maximum Gasteiger partial charge on any atom is 0.138 e. The van der Waals surface area contributed by atoms with Crippen LogP contribution in [0.1, 0.15) is 12.1 Å². The Morgan fingerprint density at radius 3 is 3.00 bits per heavy atom. The summed E-state index contributed by atoms with van der Waals surface area (Å²) in [5.41, 5.74) is 2.10. The molecule has 102 valence electrons. The smallest absolute Gasteiger partial charge is 0.138 e. The minimum absolute atomic E-state index is 0.765. The molecule has 3 rings (SSSR count). The number of ether oxygens (including phenoxy) is 1. The van der Waals surface area contributed by atoms with E-state index in [9.17, 15) is 0 Å². The van der Waals surface area contributed by atoms with Crippen molar-refractivity contribution in [1.29, 1.82) is 0 Å². The van der Waals surface area contributed by atoms with Crippen LogP contribution in [0.2, 0.25) is 5.02 Å². The lowest BCUT2D eigenvalue weighted by molar-refractivity contribution is 0.0374. The van der Waals surface area contributed by atoms with E-state index in [1.807, 2.05) is 6.07 Å². The summed E-state index contributed by atoms with van der Waals surface area (Å²) in [6.07, 6.45) is 3.91. The molecule has 0 unspecified atom stereocenters. The minimum atomic E-state index is 0.765. The van der Waals surface area contributed by atoms with Crippen molar-refractivity contribution in [3.63, 3.8) is 0 Å². The van der Waals surface area contributed by atoms with Gasteiger partial charge in [0.25, 0.3) is 0 Å². The molecule has 5 heteroatoms. The average Bonchev–Trinajstić information content (AvgIpc) is 2.84. The van der Waals surface area contributed by atoms with Crippen LogP contribution in [0.25, 0.3) is 11.0 Å². The van der Waals surface area contributed by atoms with Crippen LogP contribution in [0.5, 0.6) is 0 Å². The van der Waals surface area contributed by atoms with Crippen molar-refractivity contribution in [2.75, 3.05) is 32.8 Å². The van der Waals surface area contributed by atoms with E-state index in [1.54, 1.807) is 6.20 Å². The molecule has 0 bridgehead atoms. The fourth-order valence-electron chi connectivity index (χ4n) is 2.50. The van der Waals surface area contributed by atoms with Crippen LogP contribution >= 0.6 is 11.6 Å². The zero-order chi connectivity index (χ0) is 13.1. The molecule has 0 atom stereocenters. The van der Waals surface area contributed by atoms with Gasteiger partial charge in [0, 0.05) is 30.4 Å². The molecule has 2 aromatic rings. The largest absolute Gasteiger partial charge is 0.379 e. The number of morpholine rings is 1. The van der Waals surface area contributed by atoms with Crippen LogP contribution in [0, 0.1) is 0 Å². The summed E-state index contributed by atoms with van der Waals surface area (Å²) >= 11 is 6.14. The fraction of sp³-hybridized carbons (Fsp3) is 0.500. The predicted octanol–water partition coefficient (Wildman–Crippen LogP) is 2.48. The Morgan fingerprint density at radius 1 is 1.37 bits per heavy atom. The Labute approximate surface area is 117 Å². The summed E-state index contributed by atoms with van der Waals surface area (Å²) in [5, 5.41) is 1.78. The molecular weight excluding hydrogens is 262 g/mol. The first kappa shape index (κ1) is 12.9. The standard InChI is InChI=1S/C14H18ClN3O/c15-13-3-4-16-14-12(13)10-11(17-14)2-1-5-18-6-8-19-9-7-18/h3-4,10H,1-2,5-9H2,(H,16,17). The number of aryl methyl sites for hydroxylation is 1. The summed E-state index contributed by atoms with van der Waals surface area (Å²) in [7, 11) is 0. The van der Waals surface area contributed by atoms with Gasteiger partial charge >= 0.3 is 0 Å². The van der Waals surface area contributed by atoms with Gasteiger partial charge in [-0.15, -0.1) is 0 Å². The van der Waals surface area contributed by atoms with Gasteiger partial charge in [0.15, 0.2) is 0 Å². The van der Waals surface area contributed by atoms with Crippen LogP contribution in [-0.4, -0.2) is 47.7 Å². The van der Waals surface area contributed by atoms with Crippen molar-refractivity contribution in [3.05, 3.63) is 29.0 Å². The second kappa shape index (κ2) is 5.90. The van der Waals surface area contributed by atoms with Crippen molar-refractivity contribution < 1.29 is 4.74 Å². The average molecular weight is 280 g/mol. The van der Waals surface area contributed by atoms with E-state index in [1.165, 1.54) is 5.69 Å². The molecule has 1 N–H and O–H groups in total. The molecule has 3 heterocycles. The lowest BCUT2D eigenvalue weighted by Gasteiger charge is -2.26. The number of nitrogens with zero attached hydrogens (tertiary/aromatic N) is 2. The number of aromatic nitrogens is 2. The lowest BCUT2D eigenvalue weighted by atomic mass is 10.2. The van der Waals surface area contributed by atoms with E-state index < -0.39 is 0 Å². The number of hydrogen-bond acceptors (Lipinski definition) is 3. The van der Waals surface area contributed by atoms with E-state index in [-0.39, 0.29) is 0 Å². The Kier molecular flexibility index (Phi) is 4.01. The second-order valence-electron chi connectivity index (χ2n) is 4.91. The fourth-order valence-corrected chi connectivity index (χ4v) is 2.70. The molecule has 1 aliphatic heterocycles. The number of hydrogen-bond donors (Lipinski definition) is 1. The van der Waals surface area contributed by atoms with Crippen molar-refractivity contribution in [2.45, 2.75) is 12.8 Å². The molecule has 1 aliphatic rings. The Morgan fingerprint density at radius 2 is 2.21 bits per heavy atom. The highest BCUT2D eigenvalue weighted by Crippen LogP contribution is 2.22. The van der Waals surface area contributed by atoms with Gasteiger partial charge in [0.05, 0.1) is 18.2 Å². The first-order chi connectivity index (χ1) is 9.33. The molecule has 0 saturated carbocycles. The number of nitrogens with one attached hydrogen (secondary N) is 1. The molecule has 1 saturated heterocycles. The third kappa shape index (κ3) is 3.08. The van der Waals surface area contributed by atoms with Crippen molar-refractivity contribution in [1.82, 2.24) is 14.9 Å². The molecule has 2 aromatic heterocycles. The van der Waals surface area contributed by atoms with Gasteiger partial charge < -0.3 is 9.72 Å². The summed E-state index contributed by atoms with van der Waals surface area (Å²) in [4.78, 5) is 10.1. The van der Waals surface area contributed by atoms with Gasteiger partial charge in [-0.25, -0.2) is 4.98 Å². The van der Waals surface area contributed by atoms with E-state index in [0.29, 0.717) is 0 Å². The van der Waals surface area contributed by atoms with E-state index in [2.05, 4.69) is 20.9 Å². The molecule has 0 aromatic carbocycles. The number of fused-ring (bicyclic) bond motifs is 1. The topological polar surface area (TPSA) is 41.2 Å². The van der Waals surface area contributed by atoms with Gasteiger partial charge in [0.1, 0.15) is 5.65 Å². The van der Waals surface area contributed by atoms with Gasteiger partial charge in [-0.2, -0.15) is 0 Å². The minimum Gasteiger partial charge on any atom is -0.379 e. The maximum absolute atomic E-state index is 6.14. The van der Waals surface area contributed by atoms with E-state index in [0.717, 1.165) is 61.7 Å². The quantitative estimate of drug-likeness (QED) is 0.935. The normalized spacial score (nSPS) is 17.1. The summed E-state index contributed by atoms with van der Waals surface area (Å²) in [6, 6.07) is 3.94. The molecule has 1 fully saturated rings. The van der Waals surface area contributed by atoms with E-state index >= 15 is 0 Å².